The van der Waals surface area contributed by atoms with Gasteiger partial charge in [0.25, 0.3) is 0 Å². The minimum Gasteiger partial charge on any atom is -0.340 e. The molecular formula is C17H21N7. The fraction of sp³-hybridized carbons (Fsp3) is 0.353. The zero-order valence-electron chi connectivity index (χ0n) is 13.9. The first-order chi connectivity index (χ1) is 11.7. The molecule has 0 radical (unpaired) electrons. The molecule has 1 saturated heterocycles. The van der Waals surface area contributed by atoms with Crippen molar-refractivity contribution in [3.8, 4) is 0 Å². The largest absolute Gasteiger partial charge is 0.340 e. The van der Waals surface area contributed by atoms with Crippen LogP contribution in [0.3, 0.4) is 0 Å². The summed E-state index contributed by atoms with van der Waals surface area (Å²) in [6.45, 7) is 7.03. The number of fused-ring (bicyclic) bond motifs is 1. The van der Waals surface area contributed by atoms with Gasteiger partial charge in [0.2, 0.25) is 5.95 Å². The lowest BCUT2D eigenvalue weighted by molar-refractivity contribution is 0.493. The average molecular weight is 323 g/mol. The number of piperazine rings is 1. The standard InChI is InChI=1S/C17H21N7/c1-11-7-16(21-14-3-4-15-13(8-14)10-19-23-15)22-17(20-11)24-6-5-18-9-12(24)2/h3-4,7-8,10,12,18H,5-6,9H2,1-2H3,(H,19,23)(H,20,21,22). The van der Waals surface area contributed by atoms with Gasteiger partial charge in [-0.15, -0.1) is 0 Å². The van der Waals surface area contributed by atoms with Crippen molar-refractivity contribution in [1.82, 2.24) is 25.5 Å². The summed E-state index contributed by atoms with van der Waals surface area (Å²) in [5, 5.41) is 14.9. The summed E-state index contributed by atoms with van der Waals surface area (Å²) in [7, 11) is 0. The van der Waals surface area contributed by atoms with Crippen molar-refractivity contribution in [1.29, 1.82) is 0 Å². The number of aromatic nitrogens is 4. The van der Waals surface area contributed by atoms with E-state index in [9.17, 15) is 0 Å². The Hall–Kier alpha value is -2.67. The summed E-state index contributed by atoms with van der Waals surface area (Å²) in [6, 6.07) is 8.44. The van der Waals surface area contributed by atoms with Crippen LogP contribution in [0.2, 0.25) is 0 Å². The first kappa shape index (κ1) is 14.9. The normalized spacial score (nSPS) is 18.1. The number of nitrogens with one attached hydrogen (secondary N) is 3. The van der Waals surface area contributed by atoms with Crippen LogP contribution >= 0.6 is 0 Å². The second-order valence-electron chi connectivity index (χ2n) is 6.24. The second kappa shape index (κ2) is 6.09. The molecule has 4 rings (SSSR count). The molecule has 0 saturated carbocycles. The fourth-order valence-corrected chi connectivity index (χ4v) is 3.05. The zero-order chi connectivity index (χ0) is 16.5. The molecule has 24 heavy (non-hydrogen) atoms. The molecule has 3 heterocycles. The Morgan fingerprint density at radius 2 is 2.17 bits per heavy atom. The van der Waals surface area contributed by atoms with Crippen molar-refractivity contribution < 1.29 is 0 Å². The first-order valence-corrected chi connectivity index (χ1v) is 8.22. The maximum absolute atomic E-state index is 4.72. The number of H-pyrrole nitrogens is 1. The van der Waals surface area contributed by atoms with E-state index in [-0.39, 0.29) is 0 Å². The number of anilines is 3. The molecule has 124 valence electrons. The van der Waals surface area contributed by atoms with E-state index in [0.29, 0.717) is 6.04 Å². The van der Waals surface area contributed by atoms with Crippen molar-refractivity contribution in [3.05, 3.63) is 36.2 Å². The molecule has 1 atom stereocenters. The van der Waals surface area contributed by atoms with Crippen LogP contribution in [0.5, 0.6) is 0 Å². The monoisotopic (exact) mass is 323 g/mol. The molecule has 1 fully saturated rings. The van der Waals surface area contributed by atoms with Crippen LogP contribution in [0, 0.1) is 6.92 Å². The van der Waals surface area contributed by atoms with E-state index >= 15 is 0 Å². The van der Waals surface area contributed by atoms with Crippen LogP contribution in [0.4, 0.5) is 17.5 Å². The van der Waals surface area contributed by atoms with Gasteiger partial charge in [-0.05, 0) is 32.0 Å². The van der Waals surface area contributed by atoms with Crippen molar-refractivity contribution in [2.45, 2.75) is 19.9 Å². The SMILES string of the molecule is Cc1cc(Nc2ccc3[nH]ncc3c2)nc(N2CCNCC2C)n1. The molecule has 1 aliphatic rings. The van der Waals surface area contributed by atoms with Gasteiger partial charge < -0.3 is 15.5 Å². The summed E-state index contributed by atoms with van der Waals surface area (Å²) in [5.41, 5.74) is 2.97. The van der Waals surface area contributed by atoms with Crippen LogP contribution in [0.15, 0.2) is 30.5 Å². The molecule has 7 heteroatoms. The lowest BCUT2D eigenvalue weighted by Gasteiger charge is -2.34. The third kappa shape index (κ3) is 2.90. The number of hydrogen-bond acceptors (Lipinski definition) is 6. The maximum Gasteiger partial charge on any atom is 0.227 e. The van der Waals surface area contributed by atoms with E-state index in [0.717, 1.165) is 53.7 Å². The van der Waals surface area contributed by atoms with E-state index in [1.807, 2.05) is 31.3 Å². The highest BCUT2D eigenvalue weighted by Gasteiger charge is 2.21. The third-order valence-corrected chi connectivity index (χ3v) is 4.31. The van der Waals surface area contributed by atoms with E-state index in [1.165, 1.54) is 0 Å². The van der Waals surface area contributed by atoms with Crippen LogP contribution in [-0.4, -0.2) is 45.8 Å². The number of benzene rings is 1. The van der Waals surface area contributed by atoms with Crippen LogP contribution in [0.25, 0.3) is 10.9 Å². The molecular weight excluding hydrogens is 302 g/mol. The van der Waals surface area contributed by atoms with E-state index in [4.69, 9.17) is 4.98 Å². The molecule has 1 unspecified atom stereocenters. The molecule has 7 nitrogen and oxygen atoms in total. The quantitative estimate of drug-likeness (QED) is 0.685. The van der Waals surface area contributed by atoms with Gasteiger partial charge >= 0.3 is 0 Å². The Morgan fingerprint density at radius 1 is 1.25 bits per heavy atom. The highest BCUT2D eigenvalue weighted by molar-refractivity contribution is 5.82. The lowest BCUT2D eigenvalue weighted by atomic mass is 10.2. The van der Waals surface area contributed by atoms with Gasteiger partial charge in [0.15, 0.2) is 0 Å². The molecule has 1 aliphatic heterocycles. The minimum absolute atomic E-state index is 0.385. The number of hydrogen-bond donors (Lipinski definition) is 3. The number of rotatable bonds is 3. The van der Waals surface area contributed by atoms with Gasteiger partial charge in [0.05, 0.1) is 11.7 Å². The molecule has 0 aliphatic carbocycles. The van der Waals surface area contributed by atoms with Gasteiger partial charge in [-0.25, -0.2) is 4.98 Å². The lowest BCUT2D eigenvalue weighted by Crippen LogP contribution is -2.50. The summed E-state index contributed by atoms with van der Waals surface area (Å²) < 4.78 is 0. The van der Waals surface area contributed by atoms with Gasteiger partial charge in [-0.2, -0.15) is 10.1 Å². The van der Waals surface area contributed by atoms with Crippen molar-refractivity contribution >= 4 is 28.4 Å². The highest BCUT2D eigenvalue weighted by Crippen LogP contribution is 2.22. The molecule has 1 aromatic carbocycles. The number of aromatic amines is 1. The van der Waals surface area contributed by atoms with Crippen LogP contribution < -0.4 is 15.5 Å². The average Bonchev–Trinajstić information content (AvgIpc) is 3.02. The van der Waals surface area contributed by atoms with E-state index in [2.05, 4.69) is 43.7 Å². The van der Waals surface area contributed by atoms with Crippen molar-refractivity contribution in [2.75, 3.05) is 29.9 Å². The van der Waals surface area contributed by atoms with Crippen LogP contribution in [-0.2, 0) is 0 Å². The zero-order valence-corrected chi connectivity index (χ0v) is 13.9. The number of nitrogens with zero attached hydrogens (tertiary/aromatic N) is 4. The Balaban J connectivity index is 1.62. The summed E-state index contributed by atoms with van der Waals surface area (Å²) >= 11 is 0. The Kier molecular flexibility index (Phi) is 3.78. The first-order valence-electron chi connectivity index (χ1n) is 8.22. The van der Waals surface area contributed by atoms with Gasteiger partial charge in [-0.3, -0.25) is 5.10 Å². The summed E-state index contributed by atoms with van der Waals surface area (Å²) in [4.78, 5) is 11.6. The van der Waals surface area contributed by atoms with Gasteiger partial charge in [0, 0.05) is 48.5 Å². The summed E-state index contributed by atoms with van der Waals surface area (Å²) in [6.07, 6.45) is 1.82. The fourth-order valence-electron chi connectivity index (χ4n) is 3.05. The smallest absolute Gasteiger partial charge is 0.227 e. The molecule has 0 amide bonds. The van der Waals surface area contributed by atoms with Gasteiger partial charge in [0.1, 0.15) is 5.82 Å². The molecule has 2 aromatic heterocycles. The van der Waals surface area contributed by atoms with Gasteiger partial charge in [-0.1, -0.05) is 0 Å². The third-order valence-electron chi connectivity index (χ3n) is 4.31. The maximum atomic E-state index is 4.72. The van der Waals surface area contributed by atoms with Crippen LogP contribution in [0.1, 0.15) is 12.6 Å². The number of aryl methyl sites for hydroxylation is 1. The Labute approximate surface area is 140 Å². The second-order valence-corrected chi connectivity index (χ2v) is 6.24. The molecule has 3 N–H and O–H groups in total. The topological polar surface area (TPSA) is 81.8 Å². The highest BCUT2D eigenvalue weighted by atomic mass is 15.3. The van der Waals surface area contributed by atoms with E-state index in [1.54, 1.807) is 0 Å². The Morgan fingerprint density at radius 3 is 3.04 bits per heavy atom. The predicted molar refractivity (Wildman–Crippen MR) is 95.8 cm³/mol. The van der Waals surface area contributed by atoms with E-state index < -0.39 is 0 Å². The summed E-state index contributed by atoms with van der Waals surface area (Å²) in [5.74, 6) is 1.60. The minimum atomic E-state index is 0.385. The molecule has 3 aromatic rings. The molecule has 0 spiro atoms. The Bertz CT molecular complexity index is 857. The van der Waals surface area contributed by atoms with Crippen molar-refractivity contribution in [3.63, 3.8) is 0 Å². The predicted octanol–water partition coefficient (Wildman–Crippen LogP) is 2.20. The van der Waals surface area contributed by atoms with Crippen molar-refractivity contribution in [2.24, 2.45) is 0 Å². The molecule has 0 bridgehead atoms.